The number of aryl methyl sites for hydroxylation is 1. The van der Waals surface area contributed by atoms with Crippen LogP contribution in [0.25, 0.3) is 0 Å². The van der Waals surface area contributed by atoms with Gasteiger partial charge in [0.1, 0.15) is 5.75 Å². The minimum atomic E-state index is -0.0880. The van der Waals surface area contributed by atoms with E-state index in [0.29, 0.717) is 0 Å². The molecule has 4 heteroatoms. The molecule has 0 aliphatic carbocycles. The van der Waals surface area contributed by atoms with E-state index in [1.807, 2.05) is 44.2 Å². The first-order chi connectivity index (χ1) is 10.0. The van der Waals surface area contributed by atoms with E-state index in [0.717, 1.165) is 21.3 Å². The van der Waals surface area contributed by atoms with Gasteiger partial charge in [-0.15, -0.1) is 0 Å². The minimum Gasteiger partial charge on any atom is -0.491 e. The van der Waals surface area contributed by atoms with E-state index in [2.05, 4.69) is 40.4 Å². The molecule has 0 saturated carbocycles. The largest absolute Gasteiger partial charge is 0.491 e. The lowest BCUT2D eigenvalue weighted by molar-refractivity contribution is 0.242. The van der Waals surface area contributed by atoms with Crippen molar-refractivity contribution >= 4 is 15.9 Å². The SMILES string of the molecule is Cc1ccc(Br)c(C(NN)c2cccc(OC(C)C)c2)c1. The second kappa shape index (κ2) is 7.07. The Morgan fingerprint density at radius 3 is 2.57 bits per heavy atom. The molecule has 0 radical (unpaired) electrons. The first-order valence-corrected chi connectivity index (χ1v) is 7.79. The summed E-state index contributed by atoms with van der Waals surface area (Å²) in [5.74, 6) is 6.65. The zero-order valence-electron chi connectivity index (χ0n) is 12.6. The van der Waals surface area contributed by atoms with Gasteiger partial charge in [0, 0.05) is 4.47 Å². The van der Waals surface area contributed by atoms with E-state index in [1.54, 1.807) is 0 Å². The van der Waals surface area contributed by atoms with Crippen molar-refractivity contribution in [2.75, 3.05) is 0 Å². The van der Waals surface area contributed by atoms with Crippen LogP contribution in [-0.4, -0.2) is 6.10 Å². The predicted octanol–water partition coefficient (Wildman–Crippen LogP) is 4.10. The first-order valence-electron chi connectivity index (χ1n) is 7.00. The Hall–Kier alpha value is -1.36. The first kappa shape index (κ1) is 16.0. The van der Waals surface area contributed by atoms with Crippen LogP contribution in [0.1, 0.15) is 36.6 Å². The third-order valence-corrected chi connectivity index (χ3v) is 3.91. The summed E-state index contributed by atoms with van der Waals surface area (Å²) in [6.07, 6.45) is 0.148. The molecule has 112 valence electrons. The minimum absolute atomic E-state index is 0.0880. The molecule has 3 N–H and O–H groups in total. The molecule has 0 aliphatic heterocycles. The fourth-order valence-electron chi connectivity index (χ4n) is 2.29. The molecule has 0 aromatic heterocycles. The standard InChI is InChI=1S/C17H21BrN2O/c1-11(2)21-14-6-4-5-13(10-14)17(20-19)15-9-12(3)7-8-16(15)18/h4-11,17,20H,19H2,1-3H3. The number of rotatable bonds is 5. The highest BCUT2D eigenvalue weighted by Gasteiger charge is 2.16. The van der Waals surface area contributed by atoms with Gasteiger partial charge in [0.05, 0.1) is 12.1 Å². The maximum absolute atomic E-state index is 5.80. The van der Waals surface area contributed by atoms with Gasteiger partial charge >= 0.3 is 0 Å². The van der Waals surface area contributed by atoms with E-state index in [-0.39, 0.29) is 12.1 Å². The van der Waals surface area contributed by atoms with Gasteiger partial charge in [-0.1, -0.05) is 45.8 Å². The summed E-state index contributed by atoms with van der Waals surface area (Å²) in [4.78, 5) is 0. The molecule has 0 fully saturated rings. The highest BCUT2D eigenvalue weighted by Crippen LogP contribution is 2.30. The fourth-order valence-corrected chi connectivity index (χ4v) is 2.77. The fraction of sp³-hybridized carbons (Fsp3) is 0.294. The van der Waals surface area contributed by atoms with Gasteiger partial charge in [-0.2, -0.15) is 0 Å². The number of ether oxygens (including phenoxy) is 1. The van der Waals surface area contributed by atoms with E-state index in [1.165, 1.54) is 5.56 Å². The quantitative estimate of drug-likeness (QED) is 0.631. The maximum Gasteiger partial charge on any atom is 0.120 e. The van der Waals surface area contributed by atoms with Gasteiger partial charge < -0.3 is 4.74 Å². The number of hydrazine groups is 1. The number of hydrogen-bond acceptors (Lipinski definition) is 3. The molecule has 1 unspecified atom stereocenters. The maximum atomic E-state index is 5.80. The average molecular weight is 349 g/mol. The van der Waals surface area contributed by atoms with Gasteiger partial charge in [-0.25, -0.2) is 5.43 Å². The van der Waals surface area contributed by atoms with E-state index < -0.39 is 0 Å². The zero-order valence-corrected chi connectivity index (χ0v) is 14.1. The predicted molar refractivity (Wildman–Crippen MR) is 90.3 cm³/mol. The van der Waals surface area contributed by atoms with Crippen molar-refractivity contribution in [3.63, 3.8) is 0 Å². The van der Waals surface area contributed by atoms with Gasteiger partial charge in [0.2, 0.25) is 0 Å². The monoisotopic (exact) mass is 348 g/mol. The number of halogens is 1. The summed E-state index contributed by atoms with van der Waals surface area (Å²) < 4.78 is 6.79. The molecule has 2 rings (SSSR count). The molecule has 0 spiro atoms. The number of hydrogen-bond donors (Lipinski definition) is 2. The summed E-state index contributed by atoms with van der Waals surface area (Å²) in [7, 11) is 0. The topological polar surface area (TPSA) is 47.3 Å². The van der Waals surface area contributed by atoms with Crippen molar-refractivity contribution in [1.29, 1.82) is 0 Å². The second-order valence-corrected chi connectivity index (χ2v) is 6.22. The van der Waals surface area contributed by atoms with Gasteiger partial charge in [0.15, 0.2) is 0 Å². The van der Waals surface area contributed by atoms with Crippen LogP contribution in [-0.2, 0) is 0 Å². The van der Waals surface area contributed by atoms with Gasteiger partial charge in [0.25, 0.3) is 0 Å². The summed E-state index contributed by atoms with van der Waals surface area (Å²) in [5, 5.41) is 0. The highest BCUT2D eigenvalue weighted by atomic mass is 79.9. The van der Waals surface area contributed by atoms with Crippen molar-refractivity contribution in [3.05, 3.63) is 63.6 Å². The molecule has 21 heavy (non-hydrogen) atoms. The van der Waals surface area contributed by atoms with Crippen molar-refractivity contribution in [2.45, 2.75) is 32.9 Å². The molecule has 3 nitrogen and oxygen atoms in total. The van der Waals surface area contributed by atoms with Crippen LogP contribution in [0.3, 0.4) is 0 Å². The smallest absolute Gasteiger partial charge is 0.120 e. The molecule has 2 aromatic rings. The van der Waals surface area contributed by atoms with E-state index in [9.17, 15) is 0 Å². The van der Waals surface area contributed by atoms with Crippen LogP contribution >= 0.6 is 15.9 Å². The lowest BCUT2D eigenvalue weighted by Crippen LogP contribution is -2.29. The number of nitrogens with one attached hydrogen (secondary N) is 1. The summed E-state index contributed by atoms with van der Waals surface area (Å²) in [6, 6.07) is 14.2. The average Bonchev–Trinajstić information content (AvgIpc) is 2.43. The van der Waals surface area contributed by atoms with Crippen LogP contribution in [0.4, 0.5) is 0 Å². The normalized spacial score (nSPS) is 12.5. The molecule has 2 aromatic carbocycles. The molecule has 0 saturated heterocycles. The van der Waals surface area contributed by atoms with E-state index >= 15 is 0 Å². The van der Waals surface area contributed by atoms with Gasteiger partial charge in [-0.3, -0.25) is 5.84 Å². The summed E-state index contributed by atoms with van der Waals surface area (Å²) in [6.45, 7) is 6.10. The molecule has 0 amide bonds. The molecular formula is C17H21BrN2O. The van der Waals surface area contributed by atoms with Crippen molar-refractivity contribution in [1.82, 2.24) is 5.43 Å². The van der Waals surface area contributed by atoms with Crippen molar-refractivity contribution < 1.29 is 4.74 Å². The highest BCUT2D eigenvalue weighted by molar-refractivity contribution is 9.10. The van der Waals surface area contributed by atoms with Crippen molar-refractivity contribution in [3.8, 4) is 5.75 Å². The van der Waals surface area contributed by atoms with Crippen LogP contribution in [0, 0.1) is 6.92 Å². The van der Waals surface area contributed by atoms with Crippen LogP contribution in [0.15, 0.2) is 46.9 Å². The molecule has 0 bridgehead atoms. The second-order valence-electron chi connectivity index (χ2n) is 5.36. The summed E-state index contributed by atoms with van der Waals surface area (Å²) in [5.41, 5.74) is 6.28. The zero-order chi connectivity index (χ0) is 15.4. The Balaban J connectivity index is 2.39. The van der Waals surface area contributed by atoms with Crippen molar-refractivity contribution in [2.24, 2.45) is 5.84 Å². The number of benzene rings is 2. The molecule has 1 atom stereocenters. The summed E-state index contributed by atoms with van der Waals surface area (Å²) >= 11 is 3.60. The number of nitrogens with two attached hydrogens (primary N) is 1. The Labute approximate surface area is 134 Å². The van der Waals surface area contributed by atoms with Gasteiger partial charge in [-0.05, 0) is 50.1 Å². The Bertz CT molecular complexity index is 613. The van der Waals surface area contributed by atoms with Crippen LogP contribution in [0.2, 0.25) is 0 Å². The van der Waals surface area contributed by atoms with Crippen LogP contribution < -0.4 is 16.0 Å². The van der Waals surface area contributed by atoms with Crippen LogP contribution in [0.5, 0.6) is 5.75 Å². The molecular weight excluding hydrogens is 328 g/mol. The third kappa shape index (κ3) is 4.06. The Morgan fingerprint density at radius 2 is 1.90 bits per heavy atom. The molecule has 0 heterocycles. The molecule has 0 aliphatic rings. The Morgan fingerprint density at radius 1 is 1.14 bits per heavy atom. The Kier molecular flexibility index (Phi) is 5.39. The lowest BCUT2D eigenvalue weighted by Gasteiger charge is -2.20. The lowest BCUT2D eigenvalue weighted by atomic mass is 9.98. The van der Waals surface area contributed by atoms with E-state index in [4.69, 9.17) is 10.6 Å². The third-order valence-electron chi connectivity index (χ3n) is 3.19.